The van der Waals surface area contributed by atoms with Crippen molar-refractivity contribution in [1.29, 1.82) is 0 Å². The van der Waals surface area contributed by atoms with Crippen LogP contribution in [0.1, 0.15) is 91.0 Å². The van der Waals surface area contributed by atoms with Gasteiger partial charge < -0.3 is 19.4 Å². The number of H-pyrrole nitrogens is 2. The zero-order valence-corrected chi connectivity index (χ0v) is 29.3. The van der Waals surface area contributed by atoms with Gasteiger partial charge in [-0.25, -0.2) is 19.6 Å². The zero-order valence-electron chi connectivity index (χ0n) is 29.3. The van der Waals surface area contributed by atoms with Crippen LogP contribution < -0.4 is 5.43 Å². The molecule has 0 radical (unpaired) electrons. The molecule has 2 fully saturated rings. The van der Waals surface area contributed by atoms with Crippen LogP contribution in [0.25, 0.3) is 54.8 Å². The third-order valence-electron chi connectivity index (χ3n) is 9.73. The minimum atomic E-state index is -0.579. The molecule has 2 aliphatic heterocycles. The predicted molar refractivity (Wildman–Crippen MR) is 193 cm³/mol. The molecular weight excluding hydrogens is 632 g/mol. The van der Waals surface area contributed by atoms with E-state index in [0.29, 0.717) is 35.5 Å². The molecule has 2 aromatic heterocycles. The number of aromatic nitrogens is 4. The number of nitrogens with one attached hydrogen (secondary N) is 2. The van der Waals surface area contributed by atoms with E-state index in [1.54, 1.807) is 22.2 Å². The van der Waals surface area contributed by atoms with E-state index in [2.05, 4.69) is 44.2 Å². The number of likely N-dealkylation sites (tertiary alicyclic amines) is 2. The number of imidazole rings is 2. The highest BCUT2D eigenvalue weighted by atomic mass is 16.6. The smallest absolute Gasteiger partial charge is 0.410 e. The average molecular weight is 675 g/mol. The summed E-state index contributed by atoms with van der Waals surface area (Å²) in [4.78, 5) is 59.7. The third kappa shape index (κ3) is 5.58. The number of rotatable bonds is 4. The van der Waals surface area contributed by atoms with Gasteiger partial charge >= 0.3 is 12.2 Å². The molecule has 258 valence electrons. The van der Waals surface area contributed by atoms with Crippen molar-refractivity contribution >= 4 is 44.5 Å². The van der Waals surface area contributed by atoms with Crippen molar-refractivity contribution < 1.29 is 19.1 Å². The van der Waals surface area contributed by atoms with E-state index in [9.17, 15) is 14.4 Å². The standard InChI is InChI=1S/C39H42N6O5/c1-38(2,3)49-36(47)44-13-7-9-29(44)34-40-19-27(42-34)23-15-21-11-12-22-16-24(18-26-32(22)31(21)25(17-23)33(26)46)28-20-41-35(43-28)30-10-8-14-45(30)37(48)50-39(4,5)6/h11-12,15-20,29-30H,7-10,13-14H2,1-6H3,(H,40,42)(H,41,43)/t29-,30-/m0/s1. The highest BCUT2D eigenvalue weighted by Gasteiger charge is 2.36. The van der Waals surface area contributed by atoms with Crippen molar-refractivity contribution in [2.24, 2.45) is 0 Å². The maximum absolute atomic E-state index is 14.1. The second-order valence-electron chi connectivity index (χ2n) is 15.7. The molecule has 4 heterocycles. The number of benzene rings is 3. The maximum Gasteiger partial charge on any atom is 0.410 e. The Morgan fingerprint density at radius 1 is 0.700 bits per heavy atom. The van der Waals surface area contributed by atoms with E-state index >= 15 is 0 Å². The number of hydrogen-bond acceptors (Lipinski definition) is 7. The fraction of sp³-hybridized carbons (Fsp3) is 0.410. The quantitative estimate of drug-likeness (QED) is 0.180. The minimum Gasteiger partial charge on any atom is -0.444 e. The van der Waals surface area contributed by atoms with Gasteiger partial charge in [-0.3, -0.25) is 14.6 Å². The van der Waals surface area contributed by atoms with Gasteiger partial charge in [-0.05, 0) is 102 Å². The summed E-state index contributed by atoms with van der Waals surface area (Å²) in [6.45, 7) is 12.4. The second-order valence-corrected chi connectivity index (χ2v) is 15.7. The highest BCUT2D eigenvalue weighted by Crippen LogP contribution is 2.40. The first-order valence-corrected chi connectivity index (χ1v) is 17.4. The fourth-order valence-electron chi connectivity index (χ4n) is 7.63. The predicted octanol–water partition coefficient (Wildman–Crippen LogP) is 8.31. The van der Waals surface area contributed by atoms with E-state index in [4.69, 9.17) is 9.47 Å². The Labute approximate surface area is 289 Å². The van der Waals surface area contributed by atoms with Crippen molar-refractivity contribution in [3.63, 3.8) is 0 Å². The Balaban J connectivity index is 1.11. The van der Waals surface area contributed by atoms with Crippen LogP contribution in [0.15, 0.2) is 53.6 Å². The molecule has 2 atom stereocenters. The summed E-state index contributed by atoms with van der Waals surface area (Å²) in [7, 11) is 0. The molecule has 2 N–H and O–H groups in total. The number of carbonyl (C=O) groups is 2. The lowest BCUT2D eigenvalue weighted by Gasteiger charge is -2.27. The number of amides is 2. The monoisotopic (exact) mass is 674 g/mol. The third-order valence-corrected chi connectivity index (χ3v) is 9.73. The lowest BCUT2D eigenvalue weighted by molar-refractivity contribution is 0.0208. The lowest BCUT2D eigenvalue weighted by Crippen LogP contribution is -2.36. The topological polar surface area (TPSA) is 134 Å². The van der Waals surface area contributed by atoms with Crippen LogP contribution in [-0.2, 0) is 9.47 Å². The summed E-state index contributed by atoms with van der Waals surface area (Å²) in [5.41, 5.74) is 2.11. The van der Waals surface area contributed by atoms with Gasteiger partial charge in [0.1, 0.15) is 22.9 Å². The van der Waals surface area contributed by atoms with Crippen LogP contribution in [0, 0.1) is 0 Å². The summed E-state index contributed by atoms with van der Waals surface area (Å²) >= 11 is 0. The van der Waals surface area contributed by atoms with Gasteiger partial charge in [-0.15, -0.1) is 0 Å². The average Bonchev–Trinajstić information content (AvgIpc) is 3.88. The van der Waals surface area contributed by atoms with E-state index in [1.165, 1.54) is 0 Å². The Bertz CT molecular complexity index is 2150. The molecule has 11 nitrogen and oxygen atoms in total. The summed E-state index contributed by atoms with van der Waals surface area (Å²) in [6.07, 6.45) is 6.22. The van der Waals surface area contributed by atoms with Crippen LogP contribution in [0.2, 0.25) is 0 Å². The molecule has 8 rings (SSSR count). The van der Waals surface area contributed by atoms with Crippen LogP contribution >= 0.6 is 0 Å². The first kappa shape index (κ1) is 32.0. The van der Waals surface area contributed by atoms with Gasteiger partial charge in [-0.1, -0.05) is 12.1 Å². The van der Waals surface area contributed by atoms with Crippen molar-refractivity contribution in [3.05, 3.63) is 70.7 Å². The second kappa shape index (κ2) is 11.4. The Morgan fingerprint density at radius 2 is 1.12 bits per heavy atom. The summed E-state index contributed by atoms with van der Waals surface area (Å²) in [5.74, 6) is 1.42. The lowest BCUT2D eigenvalue weighted by atomic mass is 9.97. The van der Waals surface area contributed by atoms with Gasteiger partial charge in [0, 0.05) is 45.8 Å². The largest absolute Gasteiger partial charge is 0.444 e. The highest BCUT2D eigenvalue weighted by molar-refractivity contribution is 6.27. The number of carbonyl (C=O) groups excluding carboxylic acids is 2. The van der Waals surface area contributed by atoms with Gasteiger partial charge in [0.25, 0.3) is 0 Å². The van der Waals surface area contributed by atoms with Crippen molar-refractivity contribution in [2.75, 3.05) is 13.1 Å². The molecule has 50 heavy (non-hydrogen) atoms. The number of nitrogens with zero attached hydrogens (tertiary/aromatic N) is 4. The molecule has 4 aromatic carbocycles. The number of hydrogen-bond donors (Lipinski definition) is 2. The Hall–Kier alpha value is -5.19. The van der Waals surface area contributed by atoms with Gasteiger partial charge in [-0.2, -0.15) is 0 Å². The van der Waals surface area contributed by atoms with Gasteiger partial charge in [0.15, 0.2) is 5.43 Å². The molecule has 6 aromatic rings. The molecule has 2 aliphatic rings. The van der Waals surface area contributed by atoms with Gasteiger partial charge in [0.05, 0.1) is 35.9 Å². The minimum absolute atomic E-state index is 0.0248. The molecule has 0 saturated carbocycles. The molecule has 0 aliphatic carbocycles. The van der Waals surface area contributed by atoms with Crippen molar-refractivity contribution in [3.8, 4) is 22.5 Å². The first-order chi connectivity index (χ1) is 23.7. The van der Waals surface area contributed by atoms with E-state index in [1.807, 2.05) is 53.7 Å². The van der Waals surface area contributed by atoms with Crippen LogP contribution in [0.4, 0.5) is 9.59 Å². The Morgan fingerprint density at radius 3 is 1.52 bits per heavy atom. The molecule has 0 spiro atoms. The van der Waals surface area contributed by atoms with Crippen LogP contribution in [0.3, 0.4) is 0 Å². The van der Waals surface area contributed by atoms with Crippen molar-refractivity contribution in [1.82, 2.24) is 29.7 Å². The molecule has 0 bridgehead atoms. The fourth-order valence-corrected chi connectivity index (χ4v) is 7.63. The number of aromatic amines is 2. The number of ether oxygens (including phenoxy) is 2. The van der Waals surface area contributed by atoms with Gasteiger partial charge in [0.2, 0.25) is 0 Å². The van der Waals surface area contributed by atoms with E-state index < -0.39 is 11.2 Å². The van der Waals surface area contributed by atoms with Crippen molar-refractivity contribution in [2.45, 2.75) is 90.5 Å². The molecule has 2 saturated heterocycles. The zero-order chi connectivity index (χ0) is 35.1. The molecule has 0 unspecified atom stereocenters. The van der Waals surface area contributed by atoms with Crippen LogP contribution in [0.5, 0.6) is 0 Å². The Kier molecular flexibility index (Phi) is 7.32. The maximum atomic E-state index is 14.1. The summed E-state index contributed by atoms with van der Waals surface area (Å²) in [6, 6.07) is 11.8. The van der Waals surface area contributed by atoms with E-state index in [0.717, 1.165) is 69.7 Å². The molecule has 2 amide bonds. The normalized spacial score (nSPS) is 18.7. The summed E-state index contributed by atoms with van der Waals surface area (Å²) in [5, 5.41) is 5.18. The molecule has 11 heteroatoms. The molecular formula is C39H42N6O5. The summed E-state index contributed by atoms with van der Waals surface area (Å²) < 4.78 is 11.3. The SMILES string of the molecule is CC(C)(C)OC(=O)N1CCC[C@H]1c1ncc(-c2cc3ccc4cc(-c5cnc([C@@H]6CCCN6C(=O)OC(C)(C)C)[nH]5)cc5c(=O)c(c2)c3c45)[nH]1. The van der Waals surface area contributed by atoms with E-state index in [-0.39, 0.29) is 29.7 Å². The van der Waals surface area contributed by atoms with Crippen LogP contribution in [-0.4, -0.2) is 66.2 Å². The first-order valence-electron chi connectivity index (χ1n) is 17.4.